The van der Waals surface area contributed by atoms with Gasteiger partial charge in [0.2, 0.25) is 20.0 Å². The average molecular weight is 451 g/mol. The van der Waals surface area contributed by atoms with Crippen LogP contribution in [0, 0.1) is 13.8 Å². The van der Waals surface area contributed by atoms with Crippen LogP contribution in [0.5, 0.6) is 0 Å². The maximum absolute atomic E-state index is 13.6. The van der Waals surface area contributed by atoms with E-state index in [1.807, 2.05) is 44.2 Å². The van der Waals surface area contributed by atoms with Gasteiger partial charge in [0.1, 0.15) is 0 Å². The van der Waals surface area contributed by atoms with E-state index in [-0.39, 0.29) is 23.2 Å². The molecule has 1 aliphatic heterocycles. The summed E-state index contributed by atoms with van der Waals surface area (Å²) in [6.45, 7) is 7.93. The summed E-state index contributed by atoms with van der Waals surface area (Å²) >= 11 is 0. The third-order valence-corrected chi connectivity index (χ3v) is 9.47. The van der Waals surface area contributed by atoms with Gasteiger partial charge in [-0.15, -0.1) is 0 Å². The van der Waals surface area contributed by atoms with Gasteiger partial charge in [-0.1, -0.05) is 30.3 Å². The number of anilines is 1. The molecular weight excluding hydrogens is 420 g/mol. The molecule has 2 aromatic rings. The van der Waals surface area contributed by atoms with Crippen LogP contribution in [0.1, 0.15) is 43.4 Å². The lowest BCUT2D eigenvalue weighted by atomic mass is 10.1. The first-order valence-electron chi connectivity index (χ1n) is 10.2. The topological polar surface area (TPSA) is 74.8 Å². The molecule has 0 N–H and O–H groups in total. The van der Waals surface area contributed by atoms with Crippen LogP contribution in [-0.2, 0) is 26.6 Å². The molecule has 6 nitrogen and oxygen atoms in total. The van der Waals surface area contributed by atoms with Gasteiger partial charge in [0.25, 0.3) is 0 Å². The van der Waals surface area contributed by atoms with Crippen molar-refractivity contribution in [1.82, 2.24) is 4.31 Å². The third kappa shape index (κ3) is 4.55. The van der Waals surface area contributed by atoms with Crippen molar-refractivity contribution >= 4 is 25.7 Å². The number of nitrogens with zero attached hydrogens (tertiary/aromatic N) is 2. The number of rotatable bonds is 6. The van der Waals surface area contributed by atoms with E-state index in [1.165, 1.54) is 8.61 Å². The summed E-state index contributed by atoms with van der Waals surface area (Å²) in [6.07, 6.45) is 1.46. The van der Waals surface area contributed by atoms with Crippen molar-refractivity contribution < 1.29 is 16.8 Å². The van der Waals surface area contributed by atoms with Crippen molar-refractivity contribution in [1.29, 1.82) is 0 Å². The highest BCUT2D eigenvalue weighted by Gasteiger charge is 2.32. The molecule has 0 unspecified atom stereocenters. The summed E-state index contributed by atoms with van der Waals surface area (Å²) in [5, 5.41) is 0. The predicted molar refractivity (Wildman–Crippen MR) is 121 cm³/mol. The quantitative estimate of drug-likeness (QED) is 0.670. The van der Waals surface area contributed by atoms with Gasteiger partial charge in [0.05, 0.1) is 16.3 Å². The number of hydrogen-bond acceptors (Lipinski definition) is 4. The highest BCUT2D eigenvalue weighted by Crippen LogP contribution is 2.33. The molecule has 1 aliphatic rings. The van der Waals surface area contributed by atoms with Crippen LogP contribution < -0.4 is 4.31 Å². The SMILES string of the molecule is Cc1cc(S(=O)(=O)N(Cc2ccccc2)C(C)C)c(C)cc1N1CCCCS1(=O)=O. The Morgan fingerprint density at radius 1 is 1.03 bits per heavy atom. The molecule has 1 saturated heterocycles. The molecule has 0 aromatic heterocycles. The molecule has 0 amide bonds. The van der Waals surface area contributed by atoms with Crippen LogP contribution in [0.2, 0.25) is 0 Å². The van der Waals surface area contributed by atoms with Crippen molar-refractivity contribution in [2.24, 2.45) is 0 Å². The van der Waals surface area contributed by atoms with E-state index >= 15 is 0 Å². The number of sulfonamides is 2. The molecule has 30 heavy (non-hydrogen) atoms. The van der Waals surface area contributed by atoms with Gasteiger partial charge in [-0.3, -0.25) is 4.31 Å². The fraction of sp³-hybridized carbons (Fsp3) is 0.455. The summed E-state index contributed by atoms with van der Waals surface area (Å²) in [7, 11) is -7.12. The molecule has 8 heteroatoms. The van der Waals surface area contributed by atoms with Crippen LogP contribution in [0.4, 0.5) is 5.69 Å². The Labute approximate surface area is 180 Å². The van der Waals surface area contributed by atoms with Crippen molar-refractivity contribution in [3.63, 3.8) is 0 Å². The highest BCUT2D eigenvalue weighted by molar-refractivity contribution is 7.92. The lowest BCUT2D eigenvalue weighted by Crippen LogP contribution is -2.39. The van der Waals surface area contributed by atoms with Crippen LogP contribution in [0.25, 0.3) is 0 Å². The van der Waals surface area contributed by atoms with Crippen LogP contribution in [0.3, 0.4) is 0 Å². The summed E-state index contributed by atoms with van der Waals surface area (Å²) in [6, 6.07) is 12.6. The van der Waals surface area contributed by atoms with Crippen molar-refractivity contribution in [2.75, 3.05) is 16.6 Å². The molecule has 0 saturated carbocycles. The second-order valence-electron chi connectivity index (χ2n) is 8.13. The van der Waals surface area contributed by atoms with E-state index in [0.717, 1.165) is 12.0 Å². The standard InChI is InChI=1S/C22H30N2O4S2/c1-17(2)24(16-20-10-6-5-7-11-20)30(27,28)22-15-18(3)21(14-19(22)4)23-12-8-9-13-29(23,25)26/h5-7,10-11,14-15,17H,8-9,12-13,16H2,1-4H3. The first kappa shape index (κ1) is 22.8. The van der Waals surface area contributed by atoms with Gasteiger partial charge in [-0.25, -0.2) is 16.8 Å². The first-order chi connectivity index (χ1) is 14.0. The molecule has 0 aliphatic carbocycles. The average Bonchev–Trinajstić information content (AvgIpc) is 2.68. The molecule has 0 spiro atoms. The van der Waals surface area contributed by atoms with Gasteiger partial charge >= 0.3 is 0 Å². The largest absolute Gasteiger partial charge is 0.270 e. The molecule has 0 atom stereocenters. The maximum atomic E-state index is 13.6. The Kier molecular flexibility index (Phi) is 6.60. The van der Waals surface area contributed by atoms with E-state index in [2.05, 4.69) is 0 Å². The summed E-state index contributed by atoms with van der Waals surface area (Å²) in [4.78, 5) is 0.225. The molecule has 0 radical (unpaired) electrons. The maximum Gasteiger partial charge on any atom is 0.243 e. The van der Waals surface area contributed by atoms with Crippen LogP contribution >= 0.6 is 0 Å². The first-order valence-corrected chi connectivity index (χ1v) is 13.3. The zero-order valence-electron chi connectivity index (χ0n) is 18.0. The predicted octanol–water partition coefficient (Wildman–Crippen LogP) is 3.83. The second-order valence-corrected chi connectivity index (χ2v) is 12.0. The van der Waals surface area contributed by atoms with Gasteiger partial charge in [0.15, 0.2) is 0 Å². The van der Waals surface area contributed by atoms with Gasteiger partial charge in [-0.2, -0.15) is 4.31 Å². The third-order valence-electron chi connectivity index (χ3n) is 5.46. The number of benzene rings is 2. The van der Waals surface area contributed by atoms with E-state index in [1.54, 1.807) is 26.0 Å². The molecule has 1 heterocycles. The zero-order valence-corrected chi connectivity index (χ0v) is 19.6. The zero-order chi connectivity index (χ0) is 22.1. The van der Waals surface area contributed by atoms with Crippen LogP contribution in [0.15, 0.2) is 47.4 Å². The minimum atomic E-state index is -3.76. The number of aryl methyl sites for hydroxylation is 2. The van der Waals surface area contributed by atoms with Crippen molar-refractivity contribution in [3.05, 3.63) is 59.2 Å². The Morgan fingerprint density at radius 3 is 2.30 bits per heavy atom. The van der Waals surface area contributed by atoms with Crippen LogP contribution in [-0.4, -0.2) is 39.5 Å². The van der Waals surface area contributed by atoms with E-state index in [9.17, 15) is 16.8 Å². The molecule has 164 valence electrons. The Balaban J connectivity index is 2.02. The van der Waals surface area contributed by atoms with E-state index in [4.69, 9.17) is 0 Å². The normalized spacial score (nSPS) is 16.9. The molecule has 0 bridgehead atoms. The lowest BCUT2D eigenvalue weighted by Gasteiger charge is -2.31. The summed E-state index contributed by atoms with van der Waals surface area (Å²) < 4.78 is 55.1. The fourth-order valence-corrected chi connectivity index (χ4v) is 7.43. The Morgan fingerprint density at radius 2 is 1.70 bits per heavy atom. The Bertz CT molecular complexity index is 1110. The molecule has 1 fully saturated rings. The lowest BCUT2D eigenvalue weighted by molar-refractivity contribution is 0.348. The van der Waals surface area contributed by atoms with E-state index < -0.39 is 20.0 Å². The monoisotopic (exact) mass is 450 g/mol. The minimum absolute atomic E-state index is 0.129. The highest BCUT2D eigenvalue weighted by atomic mass is 32.2. The van der Waals surface area contributed by atoms with Crippen molar-refractivity contribution in [2.45, 2.75) is 58.0 Å². The summed E-state index contributed by atoms with van der Waals surface area (Å²) in [5.41, 5.74) is 2.69. The molecular formula is C22H30N2O4S2. The van der Waals surface area contributed by atoms with Gasteiger partial charge in [0, 0.05) is 19.1 Å². The minimum Gasteiger partial charge on any atom is -0.270 e. The van der Waals surface area contributed by atoms with Crippen molar-refractivity contribution in [3.8, 4) is 0 Å². The van der Waals surface area contributed by atoms with Gasteiger partial charge < -0.3 is 0 Å². The smallest absolute Gasteiger partial charge is 0.243 e. The van der Waals surface area contributed by atoms with E-state index in [0.29, 0.717) is 29.8 Å². The molecule has 3 rings (SSSR count). The summed E-state index contributed by atoms with van der Waals surface area (Å²) in [5.74, 6) is 0.129. The second kappa shape index (κ2) is 8.69. The number of hydrogen-bond donors (Lipinski definition) is 0. The van der Waals surface area contributed by atoms with Gasteiger partial charge in [-0.05, 0) is 69.4 Å². The molecule has 2 aromatic carbocycles. The Hall–Kier alpha value is -1.90. The fourth-order valence-electron chi connectivity index (χ4n) is 3.82.